The van der Waals surface area contributed by atoms with Crippen molar-refractivity contribution in [2.75, 3.05) is 0 Å². The Morgan fingerprint density at radius 1 is 0.373 bits per heavy atom. The summed E-state index contributed by atoms with van der Waals surface area (Å²) in [6.07, 6.45) is 9.95. The molecule has 0 amide bonds. The van der Waals surface area contributed by atoms with E-state index in [4.69, 9.17) is 13.6 Å². The van der Waals surface area contributed by atoms with Gasteiger partial charge in [0, 0.05) is 16.7 Å². The predicted octanol–water partition coefficient (Wildman–Crippen LogP) is 16.2. The van der Waals surface area contributed by atoms with E-state index in [1.165, 1.54) is 16.7 Å². The molecule has 0 saturated carbocycles. The third-order valence-corrected chi connectivity index (χ3v) is 13.1. The molecule has 6 aromatic rings. The van der Waals surface area contributed by atoms with E-state index in [1.54, 1.807) is 0 Å². The Labute approximate surface area is 354 Å². The largest absolute Gasteiger partial charge is 0.647 e. The predicted molar refractivity (Wildman–Crippen MR) is 249 cm³/mol. The number of aryl methyl sites for hydroxylation is 6. The first-order valence-electron chi connectivity index (χ1n) is 21.7. The lowest BCUT2D eigenvalue weighted by Crippen LogP contribution is -2.12. The number of phosphoric ester groups is 1. The van der Waals surface area contributed by atoms with Crippen LogP contribution in [0, 0.1) is 41.5 Å². The summed E-state index contributed by atoms with van der Waals surface area (Å²) >= 11 is 0. The van der Waals surface area contributed by atoms with E-state index in [2.05, 4.69) is 130 Å². The van der Waals surface area contributed by atoms with Crippen molar-refractivity contribution in [2.45, 2.75) is 120 Å². The van der Waals surface area contributed by atoms with Crippen LogP contribution < -0.4 is 13.6 Å². The molecule has 308 valence electrons. The number of rotatable bonds is 18. The summed E-state index contributed by atoms with van der Waals surface area (Å²) in [7, 11) is -4.54. The van der Waals surface area contributed by atoms with Crippen molar-refractivity contribution < 1.29 is 18.1 Å². The van der Waals surface area contributed by atoms with E-state index in [1.807, 2.05) is 41.5 Å². The maximum atomic E-state index is 16.1. The van der Waals surface area contributed by atoms with E-state index >= 15 is 4.57 Å². The zero-order valence-corrected chi connectivity index (χ0v) is 37.7. The highest BCUT2D eigenvalue weighted by Gasteiger charge is 2.38. The van der Waals surface area contributed by atoms with Gasteiger partial charge in [-0.2, -0.15) is 4.57 Å². The first kappa shape index (κ1) is 43.5. The van der Waals surface area contributed by atoms with E-state index < -0.39 is 7.82 Å². The van der Waals surface area contributed by atoms with Gasteiger partial charge in [0.15, 0.2) is 0 Å². The van der Waals surface area contributed by atoms with E-state index in [9.17, 15) is 0 Å². The van der Waals surface area contributed by atoms with Crippen LogP contribution in [0.15, 0.2) is 109 Å². The second-order valence-electron chi connectivity index (χ2n) is 16.3. The van der Waals surface area contributed by atoms with Crippen LogP contribution in [0.25, 0.3) is 33.4 Å². The fourth-order valence-electron chi connectivity index (χ4n) is 7.49. The van der Waals surface area contributed by atoms with Crippen molar-refractivity contribution in [1.29, 1.82) is 0 Å². The highest BCUT2D eigenvalue weighted by atomic mass is 31.2. The molecule has 0 fully saturated rings. The van der Waals surface area contributed by atoms with Gasteiger partial charge in [-0.1, -0.05) is 149 Å². The van der Waals surface area contributed by atoms with Gasteiger partial charge in [-0.05, 0) is 147 Å². The third kappa shape index (κ3) is 10.4. The lowest BCUT2D eigenvalue weighted by atomic mass is 9.97. The van der Waals surface area contributed by atoms with E-state index in [0.29, 0.717) is 17.2 Å². The van der Waals surface area contributed by atoms with Gasteiger partial charge in [0.25, 0.3) is 0 Å². The van der Waals surface area contributed by atoms with Gasteiger partial charge in [-0.25, -0.2) is 0 Å². The van der Waals surface area contributed by atoms with Crippen LogP contribution in [0.4, 0.5) is 0 Å². The van der Waals surface area contributed by atoms with E-state index in [0.717, 1.165) is 125 Å². The number of hydrogen-bond donors (Lipinski definition) is 0. The Balaban J connectivity index is 1.51. The third-order valence-electron chi connectivity index (χ3n) is 11.9. The van der Waals surface area contributed by atoms with Crippen LogP contribution in [-0.2, 0) is 23.8 Å². The first-order chi connectivity index (χ1) is 28.4. The lowest BCUT2D eigenvalue weighted by Gasteiger charge is -2.26. The van der Waals surface area contributed by atoms with Crippen LogP contribution in [0.5, 0.6) is 17.2 Å². The van der Waals surface area contributed by atoms with Gasteiger partial charge in [0.2, 0.25) is 0 Å². The second kappa shape index (κ2) is 19.8. The van der Waals surface area contributed by atoms with Gasteiger partial charge in [0.1, 0.15) is 17.2 Å². The number of unbranched alkanes of at least 4 members (excludes halogenated alkanes) is 3. The zero-order chi connectivity index (χ0) is 42.1. The summed E-state index contributed by atoms with van der Waals surface area (Å²) < 4.78 is 36.8. The molecule has 6 aromatic carbocycles. The van der Waals surface area contributed by atoms with Gasteiger partial charge in [0.05, 0.1) is 0 Å². The quantitative estimate of drug-likeness (QED) is 0.0812. The van der Waals surface area contributed by atoms with Crippen molar-refractivity contribution in [3.05, 3.63) is 159 Å². The van der Waals surface area contributed by atoms with Gasteiger partial charge >= 0.3 is 7.82 Å². The minimum atomic E-state index is -4.54. The van der Waals surface area contributed by atoms with Crippen molar-refractivity contribution in [2.24, 2.45) is 0 Å². The molecule has 4 nitrogen and oxygen atoms in total. The molecular formula is C54H63O4P. The van der Waals surface area contributed by atoms with Crippen molar-refractivity contribution in [3.8, 4) is 50.6 Å². The minimum Gasteiger partial charge on any atom is -0.385 e. The summed E-state index contributed by atoms with van der Waals surface area (Å²) in [5.41, 5.74) is 14.9. The SMILES string of the molecule is CCCCc1ccc(-c2ccc(C)c(C)c2OP(=O)(Oc2c(-c3ccc(CCCC)cc3)ccc(C)c2C)Oc2c(-c3ccc(CCCC)cc3)ccc(C)c2C)cc1. The van der Waals surface area contributed by atoms with Crippen LogP contribution in [0.1, 0.15) is 109 Å². The molecule has 0 atom stereocenters. The number of phosphoric acid groups is 1. The Morgan fingerprint density at radius 3 is 0.864 bits per heavy atom. The molecular weight excluding hydrogens is 744 g/mol. The highest BCUT2D eigenvalue weighted by Crippen LogP contribution is 2.57. The van der Waals surface area contributed by atoms with Crippen LogP contribution in [0.3, 0.4) is 0 Å². The van der Waals surface area contributed by atoms with Gasteiger partial charge < -0.3 is 13.6 Å². The molecule has 0 aliphatic rings. The fourth-order valence-corrected chi connectivity index (χ4v) is 8.98. The van der Waals surface area contributed by atoms with Crippen molar-refractivity contribution >= 4 is 7.82 Å². The molecule has 59 heavy (non-hydrogen) atoms. The van der Waals surface area contributed by atoms with Crippen LogP contribution in [-0.4, -0.2) is 0 Å². The zero-order valence-electron chi connectivity index (χ0n) is 36.8. The topological polar surface area (TPSA) is 44.8 Å². The molecule has 0 N–H and O–H groups in total. The lowest BCUT2D eigenvalue weighted by molar-refractivity contribution is 0.297. The highest BCUT2D eigenvalue weighted by molar-refractivity contribution is 7.49. The molecule has 0 spiro atoms. The normalized spacial score (nSPS) is 11.5. The minimum absolute atomic E-state index is 0.480. The molecule has 5 heteroatoms. The summed E-state index contributed by atoms with van der Waals surface area (Å²) in [6.45, 7) is 18.8. The average molecular weight is 807 g/mol. The molecule has 0 radical (unpaired) electrons. The number of benzene rings is 6. The Bertz CT molecular complexity index is 2120. The molecule has 0 heterocycles. The summed E-state index contributed by atoms with van der Waals surface area (Å²) in [6, 6.07) is 38.3. The Morgan fingerprint density at radius 2 is 0.627 bits per heavy atom. The molecule has 0 saturated heterocycles. The van der Waals surface area contributed by atoms with Gasteiger partial charge in [-0.15, -0.1) is 0 Å². The number of hydrogen-bond acceptors (Lipinski definition) is 4. The van der Waals surface area contributed by atoms with Gasteiger partial charge in [-0.3, -0.25) is 0 Å². The van der Waals surface area contributed by atoms with Crippen molar-refractivity contribution in [3.63, 3.8) is 0 Å². The maximum absolute atomic E-state index is 16.1. The average Bonchev–Trinajstić information content (AvgIpc) is 3.24. The molecule has 0 bridgehead atoms. The molecule has 0 aliphatic carbocycles. The van der Waals surface area contributed by atoms with E-state index in [-0.39, 0.29) is 0 Å². The Hall–Kier alpha value is -5.05. The summed E-state index contributed by atoms with van der Waals surface area (Å²) in [4.78, 5) is 0. The fraction of sp³-hybridized carbons (Fsp3) is 0.333. The van der Waals surface area contributed by atoms with Crippen molar-refractivity contribution in [1.82, 2.24) is 0 Å². The Kier molecular flexibility index (Phi) is 14.6. The summed E-state index contributed by atoms with van der Waals surface area (Å²) in [5, 5.41) is 0. The van der Waals surface area contributed by atoms with Crippen LogP contribution >= 0.6 is 7.82 Å². The smallest absolute Gasteiger partial charge is 0.385 e. The maximum Gasteiger partial charge on any atom is 0.647 e. The molecule has 0 aromatic heterocycles. The first-order valence-corrected chi connectivity index (χ1v) is 23.2. The van der Waals surface area contributed by atoms with Crippen LogP contribution in [0.2, 0.25) is 0 Å². The summed E-state index contributed by atoms with van der Waals surface area (Å²) in [5.74, 6) is 1.44. The molecule has 6 rings (SSSR count). The second-order valence-corrected chi connectivity index (χ2v) is 17.7. The molecule has 0 unspecified atom stereocenters. The monoisotopic (exact) mass is 806 g/mol. The standard InChI is InChI=1S/C54H63O4P/c1-10-13-16-43-22-28-46(29-23-43)49-34-19-37(4)40(7)52(49)56-59(55,57-53-41(8)38(5)20-35-50(53)47-30-24-44(25-31-47)17-14-11-2)58-54-42(9)39(6)21-36-51(54)48-32-26-45(27-33-48)18-15-12-3/h19-36H,10-18H2,1-9H3. The molecule has 0 aliphatic heterocycles.